The Morgan fingerprint density at radius 2 is 1.87 bits per heavy atom. The second-order valence-electron chi connectivity index (χ2n) is 6.85. The predicted molar refractivity (Wildman–Crippen MR) is 118 cm³/mol. The van der Waals surface area contributed by atoms with Gasteiger partial charge in [-0.15, -0.1) is 0 Å². The number of nitrogens with zero attached hydrogens (tertiary/aromatic N) is 1. The molecule has 1 heterocycles. The van der Waals surface area contributed by atoms with Gasteiger partial charge in [-0.2, -0.15) is 0 Å². The molecular formula is C23H25ClN2O4. The third-order valence-corrected chi connectivity index (χ3v) is 5.11. The molecule has 0 spiro atoms. The molecule has 0 aromatic heterocycles. The molecule has 30 heavy (non-hydrogen) atoms. The van der Waals surface area contributed by atoms with Crippen molar-refractivity contribution in [2.75, 3.05) is 32.2 Å². The summed E-state index contributed by atoms with van der Waals surface area (Å²) in [6.45, 7) is 5.16. The van der Waals surface area contributed by atoms with Gasteiger partial charge in [0.05, 0.1) is 12.7 Å². The number of aryl methyl sites for hydroxylation is 1. The van der Waals surface area contributed by atoms with Gasteiger partial charge in [-0.05, 0) is 44.0 Å². The van der Waals surface area contributed by atoms with Gasteiger partial charge in [-0.3, -0.25) is 14.5 Å². The lowest BCUT2D eigenvalue weighted by Crippen LogP contribution is -2.34. The summed E-state index contributed by atoms with van der Waals surface area (Å²) in [5.41, 5.74) is 2.64. The Kier molecular flexibility index (Phi) is 7.13. The van der Waals surface area contributed by atoms with Crippen LogP contribution in [0.3, 0.4) is 0 Å². The van der Waals surface area contributed by atoms with Crippen LogP contribution in [0.4, 0.5) is 5.69 Å². The van der Waals surface area contributed by atoms with Gasteiger partial charge in [0, 0.05) is 36.0 Å². The number of methoxy groups -OCH3 is 1. The van der Waals surface area contributed by atoms with Gasteiger partial charge < -0.3 is 14.8 Å². The van der Waals surface area contributed by atoms with Crippen LogP contribution < -0.4 is 10.1 Å². The van der Waals surface area contributed by atoms with Crippen molar-refractivity contribution in [1.82, 2.24) is 4.90 Å². The molecule has 158 valence electrons. The number of ether oxygens (including phenoxy) is 2. The maximum absolute atomic E-state index is 13.3. The summed E-state index contributed by atoms with van der Waals surface area (Å²) in [6, 6.07) is 12.5. The number of hydrogen-bond acceptors (Lipinski definition) is 5. The molecule has 2 aromatic rings. The van der Waals surface area contributed by atoms with Crippen LogP contribution in [0.1, 0.15) is 24.5 Å². The fourth-order valence-corrected chi connectivity index (χ4v) is 3.50. The summed E-state index contributed by atoms with van der Waals surface area (Å²) in [5, 5.41) is 3.69. The number of benzene rings is 2. The molecule has 0 aliphatic carbocycles. The van der Waals surface area contributed by atoms with E-state index in [0.717, 1.165) is 5.56 Å². The number of para-hydroxylation sites is 1. The van der Waals surface area contributed by atoms with Crippen molar-refractivity contribution in [1.29, 1.82) is 0 Å². The van der Waals surface area contributed by atoms with Gasteiger partial charge in [-0.1, -0.05) is 35.9 Å². The van der Waals surface area contributed by atoms with E-state index >= 15 is 0 Å². The molecule has 0 atom stereocenters. The van der Waals surface area contributed by atoms with E-state index < -0.39 is 0 Å². The lowest BCUT2D eigenvalue weighted by Gasteiger charge is -2.15. The summed E-state index contributed by atoms with van der Waals surface area (Å²) < 4.78 is 10.8. The van der Waals surface area contributed by atoms with Crippen LogP contribution in [-0.4, -0.2) is 43.6 Å². The highest BCUT2D eigenvalue weighted by molar-refractivity contribution is 6.37. The minimum atomic E-state index is -0.378. The van der Waals surface area contributed by atoms with E-state index in [1.807, 2.05) is 32.0 Å². The van der Waals surface area contributed by atoms with Crippen LogP contribution >= 0.6 is 11.6 Å². The Morgan fingerprint density at radius 3 is 2.60 bits per heavy atom. The second-order valence-corrected chi connectivity index (χ2v) is 7.28. The molecule has 2 aromatic carbocycles. The average Bonchev–Trinajstić information content (AvgIpc) is 2.97. The Hall–Kier alpha value is -2.83. The zero-order valence-electron chi connectivity index (χ0n) is 17.3. The van der Waals surface area contributed by atoms with Gasteiger partial charge in [0.15, 0.2) is 0 Å². The predicted octanol–water partition coefficient (Wildman–Crippen LogP) is 4.28. The zero-order chi connectivity index (χ0) is 21.7. The highest BCUT2D eigenvalue weighted by atomic mass is 35.5. The first-order chi connectivity index (χ1) is 14.5. The number of carbonyl (C=O) groups is 2. The molecule has 1 aliphatic rings. The van der Waals surface area contributed by atoms with Crippen molar-refractivity contribution in [3.8, 4) is 5.75 Å². The number of amides is 2. The van der Waals surface area contributed by atoms with Crippen molar-refractivity contribution in [2.24, 2.45) is 0 Å². The first-order valence-electron chi connectivity index (χ1n) is 9.82. The molecule has 3 rings (SSSR count). The van der Waals surface area contributed by atoms with E-state index in [1.54, 1.807) is 24.3 Å². The van der Waals surface area contributed by atoms with Crippen LogP contribution in [0.15, 0.2) is 48.2 Å². The molecule has 0 bridgehead atoms. The van der Waals surface area contributed by atoms with E-state index in [2.05, 4.69) is 5.32 Å². The normalized spacial score (nSPS) is 13.9. The monoisotopic (exact) mass is 428 g/mol. The fraction of sp³-hybridized carbons (Fsp3) is 0.304. The van der Waals surface area contributed by atoms with Crippen LogP contribution in [0.25, 0.3) is 5.57 Å². The first kappa shape index (κ1) is 21.9. The summed E-state index contributed by atoms with van der Waals surface area (Å²) in [7, 11) is 1.54. The van der Waals surface area contributed by atoms with Gasteiger partial charge in [-0.25, -0.2) is 0 Å². The van der Waals surface area contributed by atoms with E-state index in [1.165, 1.54) is 12.0 Å². The quantitative estimate of drug-likeness (QED) is 0.477. The van der Waals surface area contributed by atoms with Crippen molar-refractivity contribution in [3.05, 3.63) is 64.3 Å². The molecule has 0 saturated carbocycles. The molecule has 0 unspecified atom stereocenters. The lowest BCUT2D eigenvalue weighted by molar-refractivity contribution is -0.137. The van der Waals surface area contributed by atoms with Crippen molar-refractivity contribution < 1.29 is 19.1 Å². The van der Waals surface area contributed by atoms with Gasteiger partial charge in [0.2, 0.25) is 0 Å². The zero-order valence-corrected chi connectivity index (χ0v) is 18.1. The highest BCUT2D eigenvalue weighted by Crippen LogP contribution is 2.36. The maximum Gasteiger partial charge on any atom is 0.278 e. The van der Waals surface area contributed by atoms with Crippen LogP contribution in [0.5, 0.6) is 5.75 Å². The minimum Gasteiger partial charge on any atom is -0.496 e. The third-order valence-electron chi connectivity index (χ3n) is 4.88. The largest absolute Gasteiger partial charge is 0.496 e. The number of nitrogens with one attached hydrogen (secondary N) is 1. The second kappa shape index (κ2) is 9.78. The number of imide groups is 1. The molecule has 1 aliphatic heterocycles. The number of rotatable bonds is 9. The Balaban J connectivity index is 2.03. The minimum absolute atomic E-state index is 0.214. The molecule has 0 fully saturated rings. The average molecular weight is 429 g/mol. The highest BCUT2D eigenvalue weighted by Gasteiger charge is 2.40. The molecular weight excluding hydrogens is 404 g/mol. The SMILES string of the molecule is CCOCCCN1C(=O)C(Nc2cc(Cl)ccc2C)=C(c2ccccc2OC)C1=O. The standard InChI is InChI=1S/C23H25ClN2O4/c1-4-30-13-7-12-26-22(27)20(17-8-5-6-9-19(17)29-3)21(23(26)28)25-18-14-16(24)11-10-15(18)2/h5-6,8-11,14,25H,4,7,12-13H2,1-3H3. The van der Waals surface area contributed by atoms with Crippen LogP contribution in [-0.2, 0) is 14.3 Å². The molecule has 6 nitrogen and oxygen atoms in total. The summed E-state index contributed by atoms with van der Waals surface area (Å²) >= 11 is 6.14. The van der Waals surface area contributed by atoms with Gasteiger partial charge in [0.25, 0.3) is 11.8 Å². The summed E-state index contributed by atoms with van der Waals surface area (Å²) in [6.07, 6.45) is 0.563. The van der Waals surface area contributed by atoms with E-state index in [-0.39, 0.29) is 29.6 Å². The van der Waals surface area contributed by atoms with Crippen LogP contribution in [0, 0.1) is 6.92 Å². The first-order valence-corrected chi connectivity index (χ1v) is 10.2. The smallest absolute Gasteiger partial charge is 0.278 e. The Morgan fingerprint density at radius 1 is 1.10 bits per heavy atom. The number of halogens is 1. The fourth-order valence-electron chi connectivity index (χ4n) is 3.33. The van der Waals surface area contributed by atoms with Gasteiger partial charge in [0.1, 0.15) is 11.4 Å². The Bertz CT molecular complexity index is 987. The lowest BCUT2D eigenvalue weighted by atomic mass is 10.0. The maximum atomic E-state index is 13.3. The van der Waals surface area contributed by atoms with E-state index in [9.17, 15) is 9.59 Å². The van der Waals surface area contributed by atoms with E-state index in [4.69, 9.17) is 21.1 Å². The summed E-state index contributed by atoms with van der Waals surface area (Å²) in [4.78, 5) is 27.8. The van der Waals surface area contributed by atoms with Crippen molar-refractivity contribution >= 4 is 34.7 Å². The van der Waals surface area contributed by atoms with E-state index in [0.29, 0.717) is 41.7 Å². The van der Waals surface area contributed by atoms with Gasteiger partial charge >= 0.3 is 0 Å². The molecule has 0 saturated heterocycles. The molecule has 7 heteroatoms. The molecule has 2 amide bonds. The third kappa shape index (κ3) is 4.50. The van der Waals surface area contributed by atoms with Crippen LogP contribution in [0.2, 0.25) is 5.02 Å². The molecule has 0 radical (unpaired) electrons. The number of carbonyl (C=O) groups excluding carboxylic acids is 2. The number of hydrogen-bond donors (Lipinski definition) is 1. The topological polar surface area (TPSA) is 67.9 Å². The van der Waals surface area contributed by atoms with Crippen molar-refractivity contribution in [2.45, 2.75) is 20.3 Å². The number of anilines is 1. The molecule has 1 N–H and O–H groups in total. The van der Waals surface area contributed by atoms with Crippen molar-refractivity contribution in [3.63, 3.8) is 0 Å². The summed E-state index contributed by atoms with van der Waals surface area (Å²) in [5.74, 6) is -0.216. The Labute approximate surface area is 181 Å².